The number of halogens is 2. The second-order valence-electron chi connectivity index (χ2n) is 12.8. The monoisotopic (exact) mass is 760 g/mol. The first-order valence-corrected chi connectivity index (χ1v) is 17.4. The van der Waals surface area contributed by atoms with Crippen molar-refractivity contribution in [2.45, 2.75) is 26.1 Å². The van der Waals surface area contributed by atoms with Crippen LogP contribution in [0.25, 0.3) is 22.3 Å². The number of carbonyl (C=O) groups is 2. The molecule has 0 N–H and O–H groups in total. The van der Waals surface area contributed by atoms with E-state index in [1.807, 2.05) is 6.92 Å². The van der Waals surface area contributed by atoms with Gasteiger partial charge in [0.05, 0.1) is 38.6 Å². The number of carbonyl (C=O) groups excluding carboxylic acids is 2. The van der Waals surface area contributed by atoms with Crippen LogP contribution in [0.1, 0.15) is 11.1 Å². The van der Waals surface area contributed by atoms with Crippen LogP contribution < -0.4 is 18.9 Å². The summed E-state index contributed by atoms with van der Waals surface area (Å²) in [4.78, 5) is 35.6. The predicted octanol–water partition coefficient (Wildman–Crippen LogP) is 6.50. The smallest absolute Gasteiger partial charge is 0.416 e. The Balaban J connectivity index is 0.000000172. The fourth-order valence-electron chi connectivity index (χ4n) is 5.55. The van der Waals surface area contributed by atoms with E-state index in [0.717, 1.165) is 11.1 Å². The van der Waals surface area contributed by atoms with Crippen molar-refractivity contribution in [1.82, 2.24) is 40.2 Å². The highest BCUT2D eigenvalue weighted by Crippen LogP contribution is 2.26. The molecule has 4 aromatic heterocycles. The minimum atomic E-state index is -0.498. The van der Waals surface area contributed by atoms with E-state index in [-0.39, 0.29) is 35.6 Å². The molecule has 0 saturated carbocycles. The molecule has 284 valence electrons. The Hall–Kier alpha value is -7.10. The Kier molecular flexibility index (Phi) is 11.3. The summed E-state index contributed by atoms with van der Waals surface area (Å²) in [5, 5.41) is 15.0. The van der Waals surface area contributed by atoms with Crippen molar-refractivity contribution in [3.63, 3.8) is 0 Å². The first kappa shape index (κ1) is 37.2. The summed E-state index contributed by atoms with van der Waals surface area (Å²) in [5.41, 5.74) is 3.90. The molecule has 2 fully saturated rings. The van der Waals surface area contributed by atoms with Crippen molar-refractivity contribution in [3.8, 4) is 45.8 Å². The summed E-state index contributed by atoms with van der Waals surface area (Å²) in [6.45, 7) is 5.16. The summed E-state index contributed by atoms with van der Waals surface area (Å²) in [6.07, 6.45) is 4.89. The van der Waals surface area contributed by atoms with Gasteiger partial charge in [0, 0.05) is 58.4 Å². The number of nitrogens with zero attached hydrogens (tertiary/aromatic N) is 8. The van der Waals surface area contributed by atoms with E-state index in [1.54, 1.807) is 98.3 Å². The fraction of sp³-hybridized carbons (Fsp3) is 0.200. The maximum atomic E-state index is 13.8. The molecule has 0 spiro atoms. The third-order valence-corrected chi connectivity index (χ3v) is 8.65. The molecule has 6 heterocycles. The molecule has 6 aromatic rings. The number of benzene rings is 2. The van der Waals surface area contributed by atoms with Crippen LogP contribution in [-0.4, -0.2) is 90.7 Å². The normalized spacial score (nSPS) is 13.7. The molecule has 2 aliphatic rings. The van der Waals surface area contributed by atoms with Gasteiger partial charge in [0.15, 0.2) is 0 Å². The van der Waals surface area contributed by atoms with Gasteiger partial charge in [-0.05, 0) is 49.7 Å². The molecule has 0 unspecified atom stereocenters. The Bertz CT molecular complexity index is 2310. The van der Waals surface area contributed by atoms with E-state index < -0.39 is 12.2 Å². The third-order valence-electron chi connectivity index (χ3n) is 8.65. The summed E-state index contributed by atoms with van der Waals surface area (Å²) < 4.78 is 49.6. The summed E-state index contributed by atoms with van der Waals surface area (Å²) in [7, 11) is 0. The first-order valence-electron chi connectivity index (χ1n) is 17.4. The van der Waals surface area contributed by atoms with Crippen LogP contribution >= 0.6 is 0 Å². The zero-order valence-corrected chi connectivity index (χ0v) is 30.2. The topological polar surface area (TPSA) is 155 Å². The van der Waals surface area contributed by atoms with Crippen molar-refractivity contribution < 1.29 is 37.3 Å². The molecule has 0 atom stereocenters. The van der Waals surface area contributed by atoms with Crippen LogP contribution in [0.2, 0.25) is 0 Å². The van der Waals surface area contributed by atoms with Crippen LogP contribution in [0.4, 0.5) is 18.4 Å². The lowest BCUT2D eigenvalue weighted by molar-refractivity contribution is 0.0252. The van der Waals surface area contributed by atoms with Crippen molar-refractivity contribution in [3.05, 3.63) is 132 Å². The second kappa shape index (κ2) is 16.9. The van der Waals surface area contributed by atoms with Gasteiger partial charge in [-0.1, -0.05) is 36.4 Å². The molecule has 2 saturated heterocycles. The average Bonchev–Trinajstić information content (AvgIpc) is 3.16. The lowest BCUT2D eigenvalue weighted by atomic mass is 10.1. The van der Waals surface area contributed by atoms with Crippen LogP contribution in [0.15, 0.2) is 110 Å². The van der Waals surface area contributed by atoms with E-state index in [0.29, 0.717) is 60.2 Å². The largest absolute Gasteiger partial charge is 0.471 e. The Labute approximate surface area is 319 Å². The number of likely N-dealkylation sites (tertiary alicyclic amines) is 2. The Morgan fingerprint density at radius 1 is 0.625 bits per heavy atom. The van der Waals surface area contributed by atoms with Crippen molar-refractivity contribution in [2.24, 2.45) is 0 Å². The fourth-order valence-corrected chi connectivity index (χ4v) is 5.55. The van der Waals surface area contributed by atoms with E-state index in [9.17, 15) is 18.4 Å². The minimum Gasteiger partial charge on any atom is -0.471 e. The Morgan fingerprint density at radius 3 is 1.64 bits per heavy atom. The molecular formula is C40H34F2N8O6. The molecule has 2 aromatic carbocycles. The highest BCUT2D eigenvalue weighted by Gasteiger charge is 2.35. The zero-order chi connectivity index (χ0) is 39.0. The average molecular weight is 761 g/mol. The van der Waals surface area contributed by atoms with Gasteiger partial charge in [-0.15, -0.1) is 10.2 Å². The minimum absolute atomic E-state index is 0.166. The van der Waals surface area contributed by atoms with E-state index >= 15 is 0 Å². The summed E-state index contributed by atoms with van der Waals surface area (Å²) in [6, 6.07) is 23.3. The van der Waals surface area contributed by atoms with E-state index in [2.05, 4.69) is 30.4 Å². The second-order valence-corrected chi connectivity index (χ2v) is 12.8. The number of rotatable bonds is 8. The SMILES string of the molecule is Cc1ccnnc1OC(=O)N1CC(Oc2ccc(-c3ccccc3F)cn2)C1.Cc1cnnc(OC(=O)N2CC(Oc3ccc(-c4ccccc4F)cn3)C2)c1. The molecule has 16 heteroatoms. The number of aromatic nitrogens is 6. The van der Waals surface area contributed by atoms with Gasteiger partial charge >= 0.3 is 12.2 Å². The van der Waals surface area contributed by atoms with E-state index in [4.69, 9.17) is 18.9 Å². The number of aryl methyl sites for hydroxylation is 2. The van der Waals surface area contributed by atoms with E-state index in [1.165, 1.54) is 28.1 Å². The number of pyridine rings is 2. The lowest BCUT2D eigenvalue weighted by Gasteiger charge is -2.37. The maximum Gasteiger partial charge on any atom is 0.416 e. The van der Waals surface area contributed by atoms with Crippen LogP contribution in [0.3, 0.4) is 0 Å². The molecule has 0 radical (unpaired) electrons. The van der Waals surface area contributed by atoms with Gasteiger partial charge in [-0.2, -0.15) is 10.2 Å². The summed E-state index contributed by atoms with van der Waals surface area (Å²) in [5.74, 6) is 0.599. The first-order chi connectivity index (χ1) is 27.2. The van der Waals surface area contributed by atoms with Crippen LogP contribution in [-0.2, 0) is 0 Å². The molecule has 8 rings (SSSR count). The number of amides is 2. The molecule has 2 aliphatic heterocycles. The molecule has 0 bridgehead atoms. The third kappa shape index (κ3) is 9.15. The van der Waals surface area contributed by atoms with Gasteiger partial charge in [0.25, 0.3) is 0 Å². The standard InChI is InChI=1S/2C20H17FN4O3/c1-13-8-19(24-23-9-13)28-20(26)25-11-15(12-25)27-18-7-6-14(10-22-18)16-4-2-3-5-17(16)21;1-13-8-9-23-24-19(13)28-20(26)25-11-15(12-25)27-18-7-6-14(10-22-18)16-4-2-3-5-17(16)21/h2*2-10,15H,11-12H2,1H3. The van der Waals surface area contributed by atoms with Gasteiger partial charge in [-0.25, -0.2) is 28.3 Å². The zero-order valence-electron chi connectivity index (χ0n) is 30.2. The van der Waals surface area contributed by atoms with Gasteiger partial charge in [0.1, 0.15) is 23.8 Å². The van der Waals surface area contributed by atoms with Gasteiger partial charge < -0.3 is 28.7 Å². The molecular weight excluding hydrogens is 726 g/mol. The maximum absolute atomic E-state index is 13.8. The van der Waals surface area contributed by atoms with Gasteiger partial charge in [0.2, 0.25) is 23.5 Å². The predicted molar refractivity (Wildman–Crippen MR) is 197 cm³/mol. The highest BCUT2D eigenvalue weighted by molar-refractivity contribution is 5.72. The molecule has 2 amide bonds. The highest BCUT2D eigenvalue weighted by atomic mass is 19.1. The summed E-state index contributed by atoms with van der Waals surface area (Å²) >= 11 is 0. The Morgan fingerprint density at radius 2 is 1.16 bits per heavy atom. The van der Waals surface area contributed by atoms with Crippen LogP contribution in [0, 0.1) is 25.5 Å². The number of ether oxygens (including phenoxy) is 4. The number of hydrogen-bond donors (Lipinski definition) is 0. The number of hydrogen-bond acceptors (Lipinski definition) is 12. The quantitative estimate of drug-likeness (QED) is 0.166. The lowest BCUT2D eigenvalue weighted by Crippen LogP contribution is -2.57. The molecule has 0 aliphatic carbocycles. The van der Waals surface area contributed by atoms with Crippen LogP contribution in [0.5, 0.6) is 23.5 Å². The van der Waals surface area contributed by atoms with Gasteiger partial charge in [-0.3, -0.25) is 0 Å². The molecule has 14 nitrogen and oxygen atoms in total. The molecule has 56 heavy (non-hydrogen) atoms. The van der Waals surface area contributed by atoms with Crippen molar-refractivity contribution in [1.29, 1.82) is 0 Å². The van der Waals surface area contributed by atoms with Crippen molar-refractivity contribution >= 4 is 12.2 Å². The van der Waals surface area contributed by atoms with Crippen molar-refractivity contribution in [2.75, 3.05) is 26.2 Å².